The van der Waals surface area contributed by atoms with Crippen molar-refractivity contribution in [2.75, 3.05) is 25.1 Å². The molecule has 0 fully saturated rings. The van der Waals surface area contributed by atoms with Gasteiger partial charge in [-0.15, -0.1) is 24.0 Å². The maximum Gasteiger partial charge on any atom is 0.251 e. The van der Waals surface area contributed by atoms with Gasteiger partial charge in [0, 0.05) is 18.7 Å². The van der Waals surface area contributed by atoms with E-state index in [2.05, 4.69) is 34.1 Å². The van der Waals surface area contributed by atoms with E-state index in [0.717, 1.165) is 36.8 Å². The molecule has 1 aromatic carbocycles. The molecule has 0 bridgehead atoms. The molecule has 0 saturated carbocycles. The molecule has 1 aromatic heterocycles. The minimum Gasteiger partial charge on any atom is -0.467 e. The molecule has 0 atom stereocenters. The molecule has 1 heterocycles. The van der Waals surface area contributed by atoms with Gasteiger partial charge in [0.2, 0.25) is 0 Å². The number of nitrogens with one attached hydrogen (secondary N) is 3. The number of hydrogen-bond acceptors (Lipinski definition) is 4. The Morgan fingerprint density at radius 2 is 2.00 bits per heavy atom. The Labute approximate surface area is 194 Å². The van der Waals surface area contributed by atoms with Crippen LogP contribution in [0.4, 0.5) is 0 Å². The number of rotatable bonds is 11. The van der Waals surface area contributed by atoms with Gasteiger partial charge in [0.25, 0.3) is 5.91 Å². The highest BCUT2D eigenvalue weighted by molar-refractivity contribution is 14.0. The number of carbonyl (C=O) groups excluding carboxylic acids is 1. The molecule has 0 saturated heterocycles. The van der Waals surface area contributed by atoms with Gasteiger partial charge in [0.15, 0.2) is 5.96 Å². The Morgan fingerprint density at radius 3 is 2.72 bits per heavy atom. The SMILES string of the molecule is CCNC(=NCc1cccc(C(=O)NCc2ccco2)c1)NCCCCSC.I. The third-order valence-corrected chi connectivity index (χ3v) is 4.72. The molecule has 0 spiro atoms. The van der Waals surface area contributed by atoms with E-state index in [1.807, 2.05) is 36.0 Å². The van der Waals surface area contributed by atoms with Gasteiger partial charge in [-0.05, 0) is 61.6 Å². The molecule has 0 aliphatic heterocycles. The van der Waals surface area contributed by atoms with Crippen molar-refractivity contribution in [2.45, 2.75) is 32.9 Å². The first-order valence-corrected chi connectivity index (χ1v) is 11.0. The predicted molar refractivity (Wildman–Crippen MR) is 132 cm³/mol. The summed E-state index contributed by atoms with van der Waals surface area (Å²) in [5, 5.41) is 9.49. The molecule has 29 heavy (non-hydrogen) atoms. The van der Waals surface area contributed by atoms with Crippen molar-refractivity contribution in [1.29, 1.82) is 0 Å². The largest absolute Gasteiger partial charge is 0.467 e. The molecule has 2 aromatic rings. The van der Waals surface area contributed by atoms with Crippen LogP contribution in [0.15, 0.2) is 52.1 Å². The second-order valence-corrected chi connectivity index (χ2v) is 7.27. The lowest BCUT2D eigenvalue weighted by molar-refractivity contribution is 0.0948. The first kappa shape index (κ1) is 25.4. The van der Waals surface area contributed by atoms with Gasteiger partial charge in [0.1, 0.15) is 5.76 Å². The number of thioether (sulfide) groups is 1. The highest BCUT2D eigenvalue weighted by Crippen LogP contribution is 2.08. The van der Waals surface area contributed by atoms with Crippen LogP contribution in [-0.2, 0) is 13.1 Å². The van der Waals surface area contributed by atoms with Crippen LogP contribution in [0, 0.1) is 0 Å². The van der Waals surface area contributed by atoms with Crippen molar-refractivity contribution in [3.05, 3.63) is 59.5 Å². The summed E-state index contributed by atoms with van der Waals surface area (Å²) < 4.78 is 5.24. The number of furan rings is 1. The van der Waals surface area contributed by atoms with E-state index >= 15 is 0 Å². The summed E-state index contributed by atoms with van der Waals surface area (Å²) in [6, 6.07) is 11.2. The van der Waals surface area contributed by atoms with Gasteiger partial charge < -0.3 is 20.4 Å². The van der Waals surface area contributed by atoms with Crippen molar-refractivity contribution in [1.82, 2.24) is 16.0 Å². The Bertz CT molecular complexity index is 738. The average molecular weight is 530 g/mol. The molecule has 3 N–H and O–H groups in total. The van der Waals surface area contributed by atoms with Crippen LogP contribution in [0.25, 0.3) is 0 Å². The van der Waals surface area contributed by atoms with E-state index < -0.39 is 0 Å². The third-order valence-electron chi connectivity index (χ3n) is 4.02. The minimum atomic E-state index is -0.124. The fourth-order valence-corrected chi connectivity index (χ4v) is 3.08. The number of benzene rings is 1. The fraction of sp³-hybridized carbons (Fsp3) is 0.429. The molecule has 0 unspecified atom stereocenters. The fourth-order valence-electron chi connectivity index (χ4n) is 2.58. The summed E-state index contributed by atoms with van der Waals surface area (Å²) >= 11 is 1.87. The topological polar surface area (TPSA) is 78.7 Å². The second kappa shape index (κ2) is 15.2. The van der Waals surface area contributed by atoms with E-state index in [0.29, 0.717) is 18.7 Å². The van der Waals surface area contributed by atoms with Crippen molar-refractivity contribution in [3.63, 3.8) is 0 Å². The summed E-state index contributed by atoms with van der Waals surface area (Å²) in [4.78, 5) is 17.0. The Kier molecular flexibility index (Phi) is 13.3. The molecular weight excluding hydrogens is 499 g/mol. The number of hydrogen-bond donors (Lipinski definition) is 3. The van der Waals surface area contributed by atoms with Crippen molar-refractivity contribution < 1.29 is 9.21 Å². The lowest BCUT2D eigenvalue weighted by Crippen LogP contribution is -2.37. The van der Waals surface area contributed by atoms with E-state index in [1.165, 1.54) is 12.2 Å². The molecule has 8 heteroatoms. The quantitative estimate of drug-likeness (QED) is 0.177. The van der Waals surface area contributed by atoms with Crippen LogP contribution in [0.1, 0.15) is 41.4 Å². The number of carbonyl (C=O) groups is 1. The van der Waals surface area contributed by atoms with E-state index in [-0.39, 0.29) is 29.9 Å². The number of halogens is 1. The smallest absolute Gasteiger partial charge is 0.251 e. The summed E-state index contributed by atoms with van der Waals surface area (Å²) in [5.74, 6) is 2.60. The van der Waals surface area contributed by atoms with Crippen molar-refractivity contribution in [3.8, 4) is 0 Å². The van der Waals surface area contributed by atoms with Crippen LogP contribution < -0.4 is 16.0 Å². The zero-order valence-corrected chi connectivity index (χ0v) is 20.2. The molecule has 0 aliphatic rings. The van der Waals surface area contributed by atoms with Gasteiger partial charge in [-0.2, -0.15) is 11.8 Å². The molecule has 2 rings (SSSR count). The lowest BCUT2D eigenvalue weighted by Gasteiger charge is -2.11. The van der Waals surface area contributed by atoms with Crippen LogP contribution >= 0.6 is 35.7 Å². The van der Waals surface area contributed by atoms with E-state index in [4.69, 9.17) is 4.42 Å². The average Bonchev–Trinajstić information content (AvgIpc) is 3.24. The van der Waals surface area contributed by atoms with Gasteiger partial charge in [-0.25, -0.2) is 4.99 Å². The first-order valence-electron chi connectivity index (χ1n) is 9.63. The van der Waals surface area contributed by atoms with Crippen LogP contribution in [0.2, 0.25) is 0 Å². The number of unbranched alkanes of at least 4 members (excludes halogenated alkanes) is 1. The molecule has 0 aliphatic carbocycles. The maximum absolute atomic E-state index is 12.3. The van der Waals surface area contributed by atoms with Crippen LogP contribution in [0.5, 0.6) is 0 Å². The number of amides is 1. The van der Waals surface area contributed by atoms with Crippen LogP contribution in [0.3, 0.4) is 0 Å². The summed E-state index contributed by atoms with van der Waals surface area (Å²) in [6.07, 6.45) is 6.04. The van der Waals surface area contributed by atoms with E-state index in [9.17, 15) is 4.79 Å². The molecule has 160 valence electrons. The Morgan fingerprint density at radius 1 is 1.14 bits per heavy atom. The molecule has 1 amide bonds. The normalized spacial score (nSPS) is 10.9. The zero-order chi connectivity index (χ0) is 20.0. The highest BCUT2D eigenvalue weighted by atomic mass is 127. The number of aliphatic imine (C=N–C) groups is 1. The number of guanidine groups is 1. The lowest BCUT2D eigenvalue weighted by atomic mass is 10.1. The molecule has 0 radical (unpaired) electrons. The summed E-state index contributed by atoms with van der Waals surface area (Å²) in [5.41, 5.74) is 1.61. The minimum absolute atomic E-state index is 0. The van der Waals surface area contributed by atoms with Gasteiger partial charge in [-0.1, -0.05) is 12.1 Å². The Hall–Kier alpha value is -1.68. The zero-order valence-electron chi connectivity index (χ0n) is 17.1. The third kappa shape index (κ3) is 10.1. The molecular formula is C21H31IN4O2S. The van der Waals surface area contributed by atoms with Crippen LogP contribution in [-0.4, -0.2) is 37.0 Å². The summed E-state index contributed by atoms with van der Waals surface area (Å²) in [7, 11) is 0. The van der Waals surface area contributed by atoms with Gasteiger partial charge in [-0.3, -0.25) is 4.79 Å². The van der Waals surface area contributed by atoms with Crippen molar-refractivity contribution in [2.24, 2.45) is 4.99 Å². The highest BCUT2D eigenvalue weighted by Gasteiger charge is 2.07. The van der Waals surface area contributed by atoms with Gasteiger partial charge >= 0.3 is 0 Å². The van der Waals surface area contributed by atoms with Crippen molar-refractivity contribution >= 4 is 47.6 Å². The second-order valence-electron chi connectivity index (χ2n) is 6.28. The predicted octanol–water partition coefficient (Wildman–Crippen LogP) is 4.03. The Balaban J connectivity index is 0.00000420. The number of nitrogens with zero attached hydrogens (tertiary/aromatic N) is 1. The summed E-state index contributed by atoms with van der Waals surface area (Å²) in [6.45, 7) is 4.65. The first-order chi connectivity index (χ1) is 13.7. The monoisotopic (exact) mass is 530 g/mol. The standard InChI is InChI=1S/C21H30N4O2S.HI/c1-3-22-21(23-11-4-5-13-28-2)25-15-17-8-6-9-18(14-17)20(26)24-16-19-10-7-12-27-19;/h6-10,12,14H,3-5,11,13,15-16H2,1-2H3,(H,24,26)(H2,22,23,25);1H. The van der Waals surface area contributed by atoms with Gasteiger partial charge in [0.05, 0.1) is 19.4 Å². The van der Waals surface area contributed by atoms with E-state index in [1.54, 1.807) is 18.4 Å². The molecule has 6 nitrogen and oxygen atoms in total. The maximum atomic E-state index is 12.3.